The van der Waals surface area contributed by atoms with Gasteiger partial charge in [0.15, 0.2) is 17.7 Å². The fraction of sp³-hybridized carbons (Fsp3) is 0.533. The molecule has 1 rings (SSSR count). The van der Waals surface area contributed by atoms with Gasteiger partial charge in [-0.05, 0) is 37.1 Å². The van der Waals surface area contributed by atoms with Crippen LogP contribution in [0.1, 0.15) is 26.3 Å². The number of esters is 1. The van der Waals surface area contributed by atoms with Crippen LogP contribution in [0.4, 0.5) is 4.39 Å². The van der Waals surface area contributed by atoms with E-state index in [0.717, 1.165) is 12.1 Å². The lowest BCUT2D eigenvalue weighted by Gasteiger charge is -2.14. The molecule has 1 aromatic carbocycles. The average molecular weight is 283 g/mol. The summed E-state index contributed by atoms with van der Waals surface area (Å²) in [4.78, 5) is 11.2. The largest absolute Gasteiger partial charge is 0.476 e. The molecule has 0 aliphatic rings. The van der Waals surface area contributed by atoms with Gasteiger partial charge >= 0.3 is 5.97 Å². The van der Waals surface area contributed by atoms with Gasteiger partial charge in [0.1, 0.15) is 0 Å². The van der Waals surface area contributed by atoms with Crippen LogP contribution >= 0.6 is 0 Å². The first kappa shape index (κ1) is 16.4. The molecule has 0 bridgehead atoms. The predicted octanol–water partition coefficient (Wildman–Crippen LogP) is 2.51. The molecule has 4 nitrogen and oxygen atoms in total. The zero-order valence-electron chi connectivity index (χ0n) is 12.4. The van der Waals surface area contributed by atoms with Crippen molar-refractivity contribution in [3.8, 4) is 5.75 Å². The Morgan fingerprint density at radius 2 is 2.05 bits per heavy atom. The van der Waals surface area contributed by atoms with Crippen molar-refractivity contribution in [2.75, 3.05) is 13.7 Å². The molecule has 0 aliphatic carbocycles. The number of rotatable bonds is 7. The highest BCUT2D eigenvalue weighted by atomic mass is 19.1. The van der Waals surface area contributed by atoms with Crippen molar-refractivity contribution in [1.29, 1.82) is 0 Å². The summed E-state index contributed by atoms with van der Waals surface area (Å²) in [5, 5.41) is 3.23. The molecule has 0 amide bonds. The zero-order chi connectivity index (χ0) is 15.1. The van der Waals surface area contributed by atoms with Gasteiger partial charge in [-0.2, -0.15) is 0 Å². The maximum atomic E-state index is 13.9. The van der Waals surface area contributed by atoms with Gasteiger partial charge in [0.05, 0.1) is 7.11 Å². The van der Waals surface area contributed by atoms with Crippen LogP contribution in [0.5, 0.6) is 5.75 Å². The Bertz CT molecular complexity index is 449. The van der Waals surface area contributed by atoms with Gasteiger partial charge in [0.25, 0.3) is 0 Å². The summed E-state index contributed by atoms with van der Waals surface area (Å²) in [6.45, 7) is 7.21. The molecule has 0 aromatic heterocycles. The lowest BCUT2D eigenvalue weighted by atomic mass is 10.2. The van der Waals surface area contributed by atoms with Crippen LogP contribution in [0, 0.1) is 11.7 Å². The summed E-state index contributed by atoms with van der Waals surface area (Å²) in [6, 6.07) is 4.71. The Morgan fingerprint density at radius 1 is 1.35 bits per heavy atom. The molecule has 0 fully saturated rings. The van der Waals surface area contributed by atoms with E-state index in [9.17, 15) is 9.18 Å². The number of ether oxygens (including phenoxy) is 2. The van der Waals surface area contributed by atoms with Crippen molar-refractivity contribution in [3.63, 3.8) is 0 Å². The Morgan fingerprint density at radius 3 is 2.60 bits per heavy atom. The second kappa shape index (κ2) is 7.85. The Kier molecular flexibility index (Phi) is 6.45. The van der Waals surface area contributed by atoms with Gasteiger partial charge in [-0.15, -0.1) is 0 Å². The summed E-state index contributed by atoms with van der Waals surface area (Å²) >= 11 is 0. The molecule has 1 N–H and O–H groups in total. The van der Waals surface area contributed by atoms with Crippen LogP contribution in [-0.2, 0) is 16.1 Å². The third kappa shape index (κ3) is 5.17. The van der Waals surface area contributed by atoms with Crippen molar-refractivity contribution in [1.82, 2.24) is 5.32 Å². The minimum atomic E-state index is -0.834. The summed E-state index contributed by atoms with van der Waals surface area (Å²) in [5.41, 5.74) is 0.834. The fourth-order valence-electron chi connectivity index (χ4n) is 1.66. The van der Waals surface area contributed by atoms with E-state index in [1.165, 1.54) is 26.2 Å². The van der Waals surface area contributed by atoms with E-state index in [-0.39, 0.29) is 5.75 Å². The number of carbonyl (C=O) groups is 1. The van der Waals surface area contributed by atoms with Gasteiger partial charge in [0.2, 0.25) is 0 Å². The van der Waals surface area contributed by atoms with Crippen molar-refractivity contribution in [3.05, 3.63) is 29.6 Å². The maximum absolute atomic E-state index is 13.9. The van der Waals surface area contributed by atoms with E-state index >= 15 is 0 Å². The van der Waals surface area contributed by atoms with Crippen LogP contribution in [0.15, 0.2) is 18.2 Å². The van der Waals surface area contributed by atoms with E-state index in [2.05, 4.69) is 23.9 Å². The second-order valence-electron chi connectivity index (χ2n) is 5.07. The standard InChI is InChI=1S/C15H22FNO3/c1-10(2)8-17-9-12-5-6-14(13(16)7-12)20-11(3)15(18)19-4/h5-7,10-11,17H,8-9H2,1-4H3. The zero-order valence-corrected chi connectivity index (χ0v) is 12.4. The van der Waals surface area contributed by atoms with Gasteiger partial charge in [-0.3, -0.25) is 0 Å². The normalized spacial score (nSPS) is 12.3. The topological polar surface area (TPSA) is 47.6 Å². The molecule has 0 heterocycles. The van der Waals surface area contributed by atoms with E-state index in [0.29, 0.717) is 12.5 Å². The third-order valence-electron chi connectivity index (χ3n) is 2.71. The van der Waals surface area contributed by atoms with Gasteiger partial charge in [-0.25, -0.2) is 9.18 Å². The molecule has 20 heavy (non-hydrogen) atoms. The molecule has 0 aliphatic heterocycles. The molecule has 112 valence electrons. The van der Waals surface area contributed by atoms with E-state index in [1.54, 1.807) is 6.07 Å². The first-order valence-corrected chi connectivity index (χ1v) is 6.67. The summed E-state index contributed by atoms with van der Waals surface area (Å²) in [7, 11) is 1.27. The highest BCUT2D eigenvalue weighted by Gasteiger charge is 2.16. The molecule has 1 unspecified atom stereocenters. The molecule has 1 aromatic rings. The van der Waals surface area contributed by atoms with E-state index in [4.69, 9.17) is 4.74 Å². The van der Waals surface area contributed by atoms with Crippen LogP contribution in [-0.4, -0.2) is 25.7 Å². The molecule has 5 heteroatoms. The summed E-state index contributed by atoms with van der Waals surface area (Å²) in [6.07, 6.45) is -0.834. The molecule has 0 radical (unpaired) electrons. The maximum Gasteiger partial charge on any atom is 0.346 e. The SMILES string of the molecule is COC(=O)C(C)Oc1ccc(CNCC(C)C)cc1F. The van der Waals surface area contributed by atoms with Crippen molar-refractivity contribution < 1.29 is 18.7 Å². The minimum absolute atomic E-state index is 0.0514. The Balaban J connectivity index is 2.61. The van der Waals surface area contributed by atoms with Crippen LogP contribution in [0.25, 0.3) is 0 Å². The lowest BCUT2D eigenvalue weighted by Crippen LogP contribution is -2.25. The fourth-order valence-corrected chi connectivity index (χ4v) is 1.66. The molecular formula is C15H22FNO3. The highest BCUT2D eigenvalue weighted by molar-refractivity contribution is 5.74. The first-order chi connectivity index (χ1) is 9.43. The number of nitrogens with one attached hydrogen (secondary N) is 1. The average Bonchev–Trinajstić information content (AvgIpc) is 2.40. The second-order valence-corrected chi connectivity index (χ2v) is 5.07. The van der Waals surface area contributed by atoms with Gasteiger partial charge in [0, 0.05) is 6.54 Å². The van der Waals surface area contributed by atoms with Crippen molar-refractivity contribution >= 4 is 5.97 Å². The summed E-state index contributed by atoms with van der Waals surface area (Å²) < 4.78 is 23.6. The Labute approximate surface area is 119 Å². The van der Waals surface area contributed by atoms with E-state index in [1.807, 2.05) is 0 Å². The molecule has 0 spiro atoms. The van der Waals surface area contributed by atoms with Crippen LogP contribution in [0.2, 0.25) is 0 Å². The molecule has 0 saturated carbocycles. The van der Waals surface area contributed by atoms with E-state index < -0.39 is 17.9 Å². The Hall–Kier alpha value is -1.62. The number of benzene rings is 1. The first-order valence-electron chi connectivity index (χ1n) is 6.67. The van der Waals surface area contributed by atoms with Crippen molar-refractivity contribution in [2.24, 2.45) is 5.92 Å². The smallest absolute Gasteiger partial charge is 0.346 e. The van der Waals surface area contributed by atoms with Gasteiger partial charge in [-0.1, -0.05) is 19.9 Å². The molecule has 0 saturated heterocycles. The highest BCUT2D eigenvalue weighted by Crippen LogP contribution is 2.20. The quantitative estimate of drug-likeness (QED) is 0.781. The number of carbonyl (C=O) groups excluding carboxylic acids is 1. The number of hydrogen-bond acceptors (Lipinski definition) is 4. The monoisotopic (exact) mass is 283 g/mol. The summed E-state index contributed by atoms with van der Waals surface area (Å²) in [5.74, 6) is -0.421. The van der Waals surface area contributed by atoms with Gasteiger partial charge < -0.3 is 14.8 Å². The molecule has 1 atom stereocenters. The number of methoxy groups -OCH3 is 1. The lowest BCUT2D eigenvalue weighted by molar-refractivity contribution is -0.148. The minimum Gasteiger partial charge on any atom is -0.476 e. The van der Waals surface area contributed by atoms with Crippen LogP contribution in [0.3, 0.4) is 0 Å². The number of halogens is 1. The predicted molar refractivity (Wildman–Crippen MR) is 75.1 cm³/mol. The third-order valence-corrected chi connectivity index (χ3v) is 2.71. The van der Waals surface area contributed by atoms with Crippen LogP contribution < -0.4 is 10.1 Å². The number of hydrogen-bond donors (Lipinski definition) is 1. The molecular weight excluding hydrogens is 261 g/mol. The van der Waals surface area contributed by atoms with Crippen molar-refractivity contribution in [2.45, 2.75) is 33.4 Å².